The molecule has 0 radical (unpaired) electrons. The number of carbonyl (C=O) groups excluding carboxylic acids is 1. The zero-order chi connectivity index (χ0) is 15.1. The van der Waals surface area contributed by atoms with Crippen molar-refractivity contribution in [2.45, 2.75) is 19.8 Å². The van der Waals surface area contributed by atoms with Gasteiger partial charge in [-0.3, -0.25) is 4.79 Å². The Morgan fingerprint density at radius 2 is 2.19 bits per heavy atom. The maximum atomic E-state index is 11.9. The zero-order valence-electron chi connectivity index (χ0n) is 12.1. The van der Waals surface area contributed by atoms with Crippen LogP contribution in [0.15, 0.2) is 12.1 Å². The maximum Gasteiger partial charge on any atom is 0.224 e. The maximum absolute atomic E-state index is 11.9. The first-order valence-electron chi connectivity index (χ1n) is 7.13. The molecule has 0 fully saturated rings. The van der Waals surface area contributed by atoms with E-state index in [0.29, 0.717) is 49.5 Å². The molecule has 1 amide bonds. The van der Waals surface area contributed by atoms with Gasteiger partial charge in [0.05, 0.1) is 11.4 Å². The number of carbonyl (C=O) groups is 1. The number of fused-ring (bicyclic) bond motifs is 1. The van der Waals surface area contributed by atoms with E-state index in [4.69, 9.17) is 25.8 Å². The molecule has 1 aromatic rings. The fourth-order valence-electron chi connectivity index (χ4n) is 2.06. The van der Waals surface area contributed by atoms with Crippen molar-refractivity contribution < 1.29 is 19.0 Å². The first kappa shape index (κ1) is 15.9. The summed E-state index contributed by atoms with van der Waals surface area (Å²) in [6.07, 6.45) is 1.08. The van der Waals surface area contributed by atoms with Crippen LogP contribution in [0, 0.1) is 0 Å². The van der Waals surface area contributed by atoms with Gasteiger partial charge < -0.3 is 19.5 Å². The second kappa shape index (κ2) is 8.10. The first-order valence-corrected chi connectivity index (χ1v) is 7.51. The van der Waals surface area contributed by atoms with Crippen LogP contribution in [0.1, 0.15) is 18.9 Å². The highest BCUT2D eigenvalue weighted by atomic mass is 35.5. The number of nitrogens with one attached hydrogen (secondary N) is 1. The van der Waals surface area contributed by atoms with Crippen LogP contribution in [0.4, 0.5) is 0 Å². The highest BCUT2D eigenvalue weighted by Gasteiger charge is 2.17. The summed E-state index contributed by atoms with van der Waals surface area (Å²) in [7, 11) is 0. The SMILES string of the molecule is CCOCCCNC(=O)Cc1cc(Cl)c2c(c1)OCCO2. The molecule has 0 atom stereocenters. The van der Waals surface area contributed by atoms with Crippen LogP contribution in [-0.4, -0.2) is 38.9 Å². The van der Waals surface area contributed by atoms with Crippen LogP contribution >= 0.6 is 11.6 Å². The molecule has 6 heteroatoms. The lowest BCUT2D eigenvalue weighted by Gasteiger charge is -2.20. The van der Waals surface area contributed by atoms with Crippen LogP contribution in [0.3, 0.4) is 0 Å². The van der Waals surface area contributed by atoms with Gasteiger partial charge in [-0.2, -0.15) is 0 Å². The van der Waals surface area contributed by atoms with Crippen molar-refractivity contribution in [2.24, 2.45) is 0 Å². The molecular formula is C15H20ClNO4. The Hall–Kier alpha value is -1.46. The Kier molecular flexibility index (Phi) is 6.14. The molecule has 5 nitrogen and oxygen atoms in total. The Labute approximate surface area is 129 Å². The van der Waals surface area contributed by atoms with Gasteiger partial charge in [0.25, 0.3) is 0 Å². The van der Waals surface area contributed by atoms with E-state index in [1.807, 2.05) is 6.92 Å². The molecule has 1 aliphatic heterocycles. The van der Waals surface area contributed by atoms with Gasteiger partial charge in [0.15, 0.2) is 11.5 Å². The van der Waals surface area contributed by atoms with E-state index >= 15 is 0 Å². The first-order chi connectivity index (χ1) is 10.2. The number of rotatable bonds is 7. The molecule has 0 saturated carbocycles. The summed E-state index contributed by atoms with van der Waals surface area (Å²) >= 11 is 6.14. The van der Waals surface area contributed by atoms with Crippen LogP contribution in [0.2, 0.25) is 5.02 Å². The fraction of sp³-hybridized carbons (Fsp3) is 0.533. The van der Waals surface area contributed by atoms with E-state index < -0.39 is 0 Å². The minimum atomic E-state index is -0.0424. The topological polar surface area (TPSA) is 56.8 Å². The molecule has 0 aromatic heterocycles. The van der Waals surface area contributed by atoms with Crippen LogP contribution in [0.5, 0.6) is 11.5 Å². The van der Waals surface area contributed by atoms with E-state index in [2.05, 4.69) is 5.32 Å². The van der Waals surface area contributed by atoms with E-state index in [1.165, 1.54) is 0 Å². The number of amides is 1. The molecule has 2 rings (SSSR count). The normalized spacial score (nSPS) is 13.0. The van der Waals surface area contributed by atoms with Gasteiger partial charge in [0.2, 0.25) is 5.91 Å². The molecular weight excluding hydrogens is 294 g/mol. The van der Waals surface area contributed by atoms with Crippen LogP contribution < -0.4 is 14.8 Å². The molecule has 0 aliphatic carbocycles. The number of hydrogen-bond donors (Lipinski definition) is 1. The second-order valence-corrected chi connectivity index (χ2v) is 5.09. The molecule has 116 valence electrons. The average molecular weight is 314 g/mol. The third-order valence-electron chi connectivity index (χ3n) is 3.01. The van der Waals surface area contributed by atoms with E-state index in [-0.39, 0.29) is 12.3 Å². The van der Waals surface area contributed by atoms with Crippen LogP contribution in [-0.2, 0) is 16.0 Å². The van der Waals surface area contributed by atoms with Crippen molar-refractivity contribution in [1.82, 2.24) is 5.32 Å². The minimum Gasteiger partial charge on any atom is -0.486 e. The highest BCUT2D eigenvalue weighted by Crippen LogP contribution is 2.38. The Bertz CT molecular complexity index is 493. The molecule has 0 unspecified atom stereocenters. The second-order valence-electron chi connectivity index (χ2n) is 4.68. The van der Waals surface area contributed by atoms with Crippen molar-refractivity contribution in [3.63, 3.8) is 0 Å². The van der Waals surface area contributed by atoms with Gasteiger partial charge in [-0.25, -0.2) is 0 Å². The molecule has 0 spiro atoms. The summed E-state index contributed by atoms with van der Waals surface area (Å²) in [6.45, 7) is 4.90. The number of ether oxygens (including phenoxy) is 3. The lowest BCUT2D eigenvalue weighted by atomic mass is 10.1. The predicted octanol–water partition coefficient (Wildman–Crippen LogP) is 2.20. The minimum absolute atomic E-state index is 0.0424. The molecule has 1 aromatic carbocycles. The van der Waals surface area contributed by atoms with E-state index in [9.17, 15) is 4.79 Å². The molecule has 1 heterocycles. The lowest BCUT2D eigenvalue weighted by molar-refractivity contribution is -0.120. The lowest BCUT2D eigenvalue weighted by Crippen LogP contribution is -2.27. The number of hydrogen-bond acceptors (Lipinski definition) is 4. The quantitative estimate of drug-likeness (QED) is 0.784. The number of halogens is 1. The fourth-order valence-corrected chi connectivity index (χ4v) is 2.35. The van der Waals surface area contributed by atoms with Gasteiger partial charge in [0.1, 0.15) is 13.2 Å². The molecule has 1 N–H and O–H groups in total. The Morgan fingerprint density at radius 1 is 1.38 bits per heavy atom. The van der Waals surface area contributed by atoms with E-state index in [0.717, 1.165) is 12.0 Å². The molecule has 21 heavy (non-hydrogen) atoms. The third kappa shape index (κ3) is 4.79. The van der Waals surface area contributed by atoms with Gasteiger partial charge >= 0.3 is 0 Å². The van der Waals surface area contributed by atoms with Gasteiger partial charge in [-0.1, -0.05) is 11.6 Å². The van der Waals surface area contributed by atoms with Crippen molar-refractivity contribution >= 4 is 17.5 Å². The van der Waals surface area contributed by atoms with E-state index in [1.54, 1.807) is 12.1 Å². The predicted molar refractivity (Wildman–Crippen MR) is 80.3 cm³/mol. The summed E-state index contributed by atoms with van der Waals surface area (Å²) in [5.74, 6) is 1.12. The summed E-state index contributed by atoms with van der Waals surface area (Å²) in [4.78, 5) is 11.9. The van der Waals surface area contributed by atoms with Crippen molar-refractivity contribution in [2.75, 3.05) is 33.0 Å². The summed E-state index contributed by atoms with van der Waals surface area (Å²) in [6, 6.07) is 3.55. The molecule has 0 bridgehead atoms. The number of benzene rings is 1. The largest absolute Gasteiger partial charge is 0.486 e. The summed E-state index contributed by atoms with van der Waals surface area (Å²) in [5.41, 5.74) is 0.812. The van der Waals surface area contributed by atoms with Gasteiger partial charge in [-0.15, -0.1) is 0 Å². The standard InChI is InChI=1S/C15H20ClNO4/c1-2-19-5-3-4-17-14(18)10-11-8-12(16)15-13(9-11)20-6-7-21-15/h8-9H,2-7,10H2,1H3,(H,17,18). The zero-order valence-corrected chi connectivity index (χ0v) is 12.9. The van der Waals surface area contributed by atoms with Crippen molar-refractivity contribution in [1.29, 1.82) is 0 Å². The Balaban J connectivity index is 1.85. The van der Waals surface area contributed by atoms with Gasteiger partial charge in [0, 0.05) is 19.8 Å². The molecule has 0 saturated heterocycles. The smallest absolute Gasteiger partial charge is 0.224 e. The average Bonchev–Trinajstić information content (AvgIpc) is 2.47. The Morgan fingerprint density at radius 3 is 3.00 bits per heavy atom. The summed E-state index contributed by atoms with van der Waals surface area (Å²) in [5, 5.41) is 3.33. The third-order valence-corrected chi connectivity index (χ3v) is 3.29. The summed E-state index contributed by atoms with van der Waals surface area (Å²) < 4.78 is 16.2. The van der Waals surface area contributed by atoms with Gasteiger partial charge in [-0.05, 0) is 31.0 Å². The van der Waals surface area contributed by atoms with Crippen LogP contribution in [0.25, 0.3) is 0 Å². The molecule has 1 aliphatic rings. The monoisotopic (exact) mass is 313 g/mol. The van der Waals surface area contributed by atoms with Crippen molar-refractivity contribution in [3.8, 4) is 11.5 Å². The van der Waals surface area contributed by atoms with Crippen molar-refractivity contribution in [3.05, 3.63) is 22.7 Å². The highest BCUT2D eigenvalue weighted by molar-refractivity contribution is 6.32.